The van der Waals surface area contributed by atoms with E-state index < -0.39 is 0 Å². The monoisotopic (exact) mass is 243 g/mol. The number of hydrogen-bond acceptors (Lipinski definition) is 5. The van der Waals surface area contributed by atoms with Crippen LogP contribution in [0.5, 0.6) is 0 Å². The van der Waals surface area contributed by atoms with Crippen LogP contribution in [-0.4, -0.2) is 20.9 Å². The topological polar surface area (TPSA) is 93.8 Å². The van der Waals surface area contributed by atoms with Gasteiger partial charge in [0.05, 0.1) is 0 Å². The average molecular weight is 243 g/mol. The van der Waals surface area contributed by atoms with Crippen LogP contribution in [0.25, 0.3) is 0 Å². The fourth-order valence-electron chi connectivity index (χ4n) is 1.49. The molecule has 6 heteroatoms. The summed E-state index contributed by atoms with van der Waals surface area (Å²) in [5, 5.41) is 2.66. The third-order valence-electron chi connectivity index (χ3n) is 2.26. The van der Waals surface area contributed by atoms with Gasteiger partial charge >= 0.3 is 0 Å². The molecule has 0 radical (unpaired) electrons. The van der Waals surface area contributed by atoms with E-state index in [9.17, 15) is 4.79 Å². The van der Waals surface area contributed by atoms with Crippen LogP contribution < -0.4 is 11.1 Å². The first kappa shape index (κ1) is 12.0. The lowest BCUT2D eigenvalue weighted by Gasteiger charge is -2.05. The number of anilines is 2. The Morgan fingerprint density at radius 3 is 2.72 bits per heavy atom. The van der Waals surface area contributed by atoms with Gasteiger partial charge in [-0.2, -0.15) is 0 Å². The predicted molar refractivity (Wildman–Crippen MR) is 68.1 cm³/mol. The zero-order valence-electron chi connectivity index (χ0n) is 10.1. The SMILES string of the molecule is Cc1ccnc(NC(=O)c2cc(C)nc(N)n2)c1. The first-order valence-electron chi connectivity index (χ1n) is 5.40. The van der Waals surface area contributed by atoms with Gasteiger partial charge in [0.2, 0.25) is 5.95 Å². The number of rotatable bonds is 2. The zero-order chi connectivity index (χ0) is 13.1. The van der Waals surface area contributed by atoms with Crippen LogP contribution >= 0.6 is 0 Å². The van der Waals surface area contributed by atoms with Crippen molar-refractivity contribution in [1.82, 2.24) is 15.0 Å². The summed E-state index contributed by atoms with van der Waals surface area (Å²) in [7, 11) is 0. The number of nitrogens with two attached hydrogens (primary N) is 1. The molecule has 0 saturated heterocycles. The molecule has 2 aromatic rings. The Morgan fingerprint density at radius 1 is 1.28 bits per heavy atom. The van der Waals surface area contributed by atoms with Crippen molar-refractivity contribution in [2.75, 3.05) is 11.1 Å². The first-order chi connectivity index (χ1) is 8.54. The van der Waals surface area contributed by atoms with E-state index in [0.29, 0.717) is 11.5 Å². The van der Waals surface area contributed by atoms with Gasteiger partial charge in [-0.15, -0.1) is 0 Å². The number of pyridine rings is 1. The van der Waals surface area contributed by atoms with Gasteiger partial charge in [-0.3, -0.25) is 4.79 Å². The quantitative estimate of drug-likeness (QED) is 0.829. The minimum absolute atomic E-state index is 0.0809. The van der Waals surface area contributed by atoms with Crippen molar-refractivity contribution in [3.05, 3.63) is 41.3 Å². The van der Waals surface area contributed by atoms with Crippen molar-refractivity contribution in [2.45, 2.75) is 13.8 Å². The van der Waals surface area contributed by atoms with Crippen molar-refractivity contribution >= 4 is 17.7 Å². The number of nitrogens with zero attached hydrogens (tertiary/aromatic N) is 3. The summed E-state index contributed by atoms with van der Waals surface area (Å²) in [5.41, 5.74) is 7.38. The molecule has 92 valence electrons. The fraction of sp³-hybridized carbons (Fsp3) is 0.167. The number of aryl methyl sites for hydroxylation is 2. The molecule has 0 atom stereocenters. The molecule has 2 rings (SSSR count). The summed E-state index contributed by atoms with van der Waals surface area (Å²) in [6.07, 6.45) is 1.63. The van der Waals surface area contributed by atoms with Crippen molar-refractivity contribution in [3.63, 3.8) is 0 Å². The lowest BCUT2D eigenvalue weighted by Crippen LogP contribution is -2.16. The molecule has 2 aromatic heterocycles. The summed E-state index contributed by atoms with van der Waals surface area (Å²) in [6, 6.07) is 5.19. The van der Waals surface area contributed by atoms with Crippen molar-refractivity contribution in [2.24, 2.45) is 0 Å². The average Bonchev–Trinajstić information content (AvgIpc) is 2.27. The number of amides is 1. The molecule has 6 nitrogen and oxygen atoms in total. The molecule has 0 aromatic carbocycles. The summed E-state index contributed by atoms with van der Waals surface area (Å²) < 4.78 is 0. The van der Waals surface area contributed by atoms with E-state index in [0.717, 1.165) is 5.56 Å². The number of carbonyl (C=O) groups is 1. The third kappa shape index (κ3) is 2.79. The molecule has 0 fully saturated rings. The first-order valence-corrected chi connectivity index (χ1v) is 5.40. The van der Waals surface area contributed by atoms with Gasteiger partial charge in [-0.25, -0.2) is 15.0 Å². The Kier molecular flexibility index (Phi) is 3.18. The van der Waals surface area contributed by atoms with Crippen LogP contribution in [0.1, 0.15) is 21.7 Å². The van der Waals surface area contributed by atoms with Crippen LogP contribution in [0.2, 0.25) is 0 Å². The summed E-state index contributed by atoms with van der Waals surface area (Å²) in [4.78, 5) is 23.8. The van der Waals surface area contributed by atoms with Gasteiger partial charge < -0.3 is 11.1 Å². The van der Waals surface area contributed by atoms with Gasteiger partial charge in [-0.05, 0) is 37.6 Å². The highest BCUT2D eigenvalue weighted by Crippen LogP contribution is 2.08. The van der Waals surface area contributed by atoms with E-state index >= 15 is 0 Å². The summed E-state index contributed by atoms with van der Waals surface area (Å²) >= 11 is 0. The van der Waals surface area contributed by atoms with E-state index in [4.69, 9.17) is 5.73 Å². The van der Waals surface area contributed by atoms with E-state index in [1.54, 1.807) is 25.3 Å². The molecule has 0 unspecified atom stereocenters. The molecule has 0 aliphatic carbocycles. The minimum atomic E-state index is -0.356. The van der Waals surface area contributed by atoms with E-state index in [1.165, 1.54) is 0 Å². The molecule has 1 amide bonds. The second-order valence-corrected chi connectivity index (χ2v) is 3.93. The molecule has 0 aliphatic heterocycles. The molecular weight excluding hydrogens is 230 g/mol. The van der Waals surface area contributed by atoms with Gasteiger partial charge in [0.15, 0.2) is 0 Å². The maximum absolute atomic E-state index is 11.9. The largest absolute Gasteiger partial charge is 0.368 e. The van der Waals surface area contributed by atoms with Crippen LogP contribution in [0, 0.1) is 13.8 Å². The molecular formula is C12H13N5O. The maximum Gasteiger partial charge on any atom is 0.275 e. The second-order valence-electron chi connectivity index (χ2n) is 3.93. The Bertz CT molecular complexity index is 577. The van der Waals surface area contributed by atoms with Crippen molar-refractivity contribution < 1.29 is 4.79 Å². The highest BCUT2D eigenvalue weighted by atomic mass is 16.1. The Balaban J connectivity index is 2.22. The summed E-state index contributed by atoms with van der Waals surface area (Å²) in [5.74, 6) is 0.206. The minimum Gasteiger partial charge on any atom is -0.368 e. The fourth-order valence-corrected chi connectivity index (χ4v) is 1.49. The third-order valence-corrected chi connectivity index (χ3v) is 2.26. The predicted octanol–water partition coefficient (Wildman–Crippen LogP) is 1.32. The molecule has 2 heterocycles. The maximum atomic E-state index is 11.9. The van der Waals surface area contributed by atoms with Crippen LogP contribution in [-0.2, 0) is 0 Å². The molecule has 0 spiro atoms. The van der Waals surface area contributed by atoms with E-state index in [1.807, 2.05) is 13.0 Å². The number of aromatic nitrogens is 3. The highest BCUT2D eigenvalue weighted by Gasteiger charge is 2.10. The lowest BCUT2D eigenvalue weighted by molar-refractivity contribution is 0.102. The Morgan fingerprint density at radius 2 is 2.06 bits per heavy atom. The van der Waals surface area contributed by atoms with Crippen LogP contribution in [0.4, 0.5) is 11.8 Å². The molecule has 0 bridgehead atoms. The lowest BCUT2D eigenvalue weighted by atomic mass is 10.3. The molecule has 0 saturated carbocycles. The Hall–Kier alpha value is -2.50. The molecule has 18 heavy (non-hydrogen) atoms. The number of nitrogen functional groups attached to an aromatic ring is 1. The van der Waals surface area contributed by atoms with Crippen LogP contribution in [0.15, 0.2) is 24.4 Å². The standard InChI is InChI=1S/C12H13N5O/c1-7-3-4-14-10(5-7)17-11(18)9-6-8(2)15-12(13)16-9/h3-6H,1-2H3,(H2,13,15,16)(H,14,17,18). The summed E-state index contributed by atoms with van der Waals surface area (Å²) in [6.45, 7) is 3.67. The van der Waals surface area contributed by atoms with Gasteiger partial charge in [-0.1, -0.05) is 0 Å². The Labute approximate surface area is 104 Å². The van der Waals surface area contributed by atoms with Crippen LogP contribution in [0.3, 0.4) is 0 Å². The van der Waals surface area contributed by atoms with E-state index in [2.05, 4.69) is 20.3 Å². The van der Waals surface area contributed by atoms with Gasteiger partial charge in [0, 0.05) is 11.9 Å². The van der Waals surface area contributed by atoms with E-state index in [-0.39, 0.29) is 17.5 Å². The number of carbonyl (C=O) groups excluding carboxylic acids is 1. The number of hydrogen-bond donors (Lipinski definition) is 2. The molecule has 0 aliphatic rings. The number of nitrogens with one attached hydrogen (secondary N) is 1. The smallest absolute Gasteiger partial charge is 0.275 e. The molecule has 3 N–H and O–H groups in total. The van der Waals surface area contributed by atoms with Gasteiger partial charge in [0.25, 0.3) is 5.91 Å². The second kappa shape index (κ2) is 4.79. The van der Waals surface area contributed by atoms with Crippen molar-refractivity contribution in [3.8, 4) is 0 Å². The van der Waals surface area contributed by atoms with Crippen molar-refractivity contribution in [1.29, 1.82) is 0 Å². The van der Waals surface area contributed by atoms with Gasteiger partial charge in [0.1, 0.15) is 11.5 Å². The zero-order valence-corrected chi connectivity index (χ0v) is 10.1. The normalized spacial score (nSPS) is 10.1. The highest BCUT2D eigenvalue weighted by molar-refractivity contribution is 6.02.